The quantitative estimate of drug-likeness (QED) is 0.883. The van der Waals surface area contributed by atoms with E-state index in [-0.39, 0.29) is 5.54 Å². The summed E-state index contributed by atoms with van der Waals surface area (Å²) in [6.45, 7) is 8.95. The van der Waals surface area contributed by atoms with Gasteiger partial charge < -0.3 is 15.4 Å². The molecule has 0 unspecified atom stereocenters. The maximum atomic E-state index is 5.16. The summed E-state index contributed by atoms with van der Waals surface area (Å²) in [5.74, 6) is 2.31. The Balaban J connectivity index is 2.05. The summed E-state index contributed by atoms with van der Waals surface area (Å²) < 4.78 is 5.16. The third kappa shape index (κ3) is 4.91. The zero-order valence-electron chi connectivity index (χ0n) is 13.9. The lowest BCUT2D eigenvalue weighted by atomic mass is 10.1. The van der Waals surface area contributed by atoms with E-state index in [0.29, 0.717) is 12.5 Å². The number of hydrogen-bond donors (Lipinski definition) is 2. The number of aryl methyl sites for hydroxylation is 1. The lowest BCUT2D eigenvalue weighted by Gasteiger charge is -2.21. The van der Waals surface area contributed by atoms with Gasteiger partial charge in [-0.15, -0.1) is 0 Å². The van der Waals surface area contributed by atoms with Crippen molar-refractivity contribution in [1.29, 1.82) is 0 Å². The number of anilines is 2. The van der Waals surface area contributed by atoms with Gasteiger partial charge in [0.2, 0.25) is 5.95 Å². The fourth-order valence-corrected chi connectivity index (χ4v) is 2.02. The van der Waals surface area contributed by atoms with Crippen LogP contribution in [0, 0.1) is 6.92 Å². The lowest BCUT2D eigenvalue weighted by Crippen LogP contribution is -2.27. The molecule has 0 radical (unpaired) electrons. The van der Waals surface area contributed by atoms with Crippen molar-refractivity contribution in [2.45, 2.75) is 39.8 Å². The molecule has 2 rings (SSSR count). The maximum absolute atomic E-state index is 5.16. The molecule has 5 heteroatoms. The Labute approximate surface area is 132 Å². The molecule has 0 aliphatic carbocycles. The molecule has 0 saturated heterocycles. The molecule has 2 aromatic rings. The topological polar surface area (TPSA) is 59.1 Å². The molecule has 0 aliphatic heterocycles. The minimum Gasteiger partial charge on any atom is -0.497 e. The summed E-state index contributed by atoms with van der Waals surface area (Å²) in [5.41, 5.74) is 2.05. The Morgan fingerprint density at radius 2 is 1.77 bits per heavy atom. The van der Waals surface area contributed by atoms with Crippen molar-refractivity contribution in [3.05, 3.63) is 41.6 Å². The summed E-state index contributed by atoms with van der Waals surface area (Å²) in [6.07, 6.45) is 0. The average Bonchev–Trinajstić information content (AvgIpc) is 2.43. The highest BCUT2D eigenvalue weighted by Gasteiger charge is 2.11. The van der Waals surface area contributed by atoms with E-state index >= 15 is 0 Å². The van der Waals surface area contributed by atoms with E-state index in [2.05, 4.69) is 41.4 Å². The zero-order valence-corrected chi connectivity index (χ0v) is 13.9. The van der Waals surface area contributed by atoms with Gasteiger partial charge in [-0.1, -0.05) is 12.1 Å². The van der Waals surface area contributed by atoms with Crippen LogP contribution in [0.1, 0.15) is 32.0 Å². The van der Waals surface area contributed by atoms with Crippen LogP contribution in [0.3, 0.4) is 0 Å². The van der Waals surface area contributed by atoms with Gasteiger partial charge >= 0.3 is 0 Å². The second-order valence-corrected chi connectivity index (χ2v) is 6.29. The number of rotatable bonds is 5. The lowest BCUT2D eigenvalue weighted by molar-refractivity contribution is 0.414. The average molecular weight is 300 g/mol. The van der Waals surface area contributed by atoms with Gasteiger partial charge in [0.05, 0.1) is 7.11 Å². The maximum Gasteiger partial charge on any atom is 0.225 e. The first-order valence-electron chi connectivity index (χ1n) is 7.36. The van der Waals surface area contributed by atoms with Gasteiger partial charge in [-0.3, -0.25) is 0 Å². The first-order valence-corrected chi connectivity index (χ1v) is 7.36. The van der Waals surface area contributed by atoms with E-state index < -0.39 is 0 Å². The monoisotopic (exact) mass is 300 g/mol. The summed E-state index contributed by atoms with van der Waals surface area (Å²) >= 11 is 0. The number of benzene rings is 1. The molecule has 0 amide bonds. The van der Waals surface area contributed by atoms with Crippen LogP contribution in [0.2, 0.25) is 0 Å². The van der Waals surface area contributed by atoms with Gasteiger partial charge in [0.15, 0.2) is 0 Å². The van der Waals surface area contributed by atoms with Crippen molar-refractivity contribution in [2.24, 2.45) is 0 Å². The Morgan fingerprint density at radius 3 is 2.36 bits per heavy atom. The fourth-order valence-electron chi connectivity index (χ4n) is 2.02. The molecular weight excluding hydrogens is 276 g/mol. The molecule has 0 aliphatic rings. The standard InChI is InChI=1S/C17H24N4O/c1-12-10-15(21-17(2,3)4)20-16(19-12)18-11-13-6-8-14(22-5)9-7-13/h6-10H,11H2,1-5H3,(H2,18,19,20,21). The highest BCUT2D eigenvalue weighted by molar-refractivity contribution is 5.44. The normalized spacial score (nSPS) is 11.1. The molecule has 22 heavy (non-hydrogen) atoms. The molecule has 5 nitrogen and oxygen atoms in total. The van der Waals surface area contributed by atoms with Crippen molar-refractivity contribution in [1.82, 2.24) is 9.97 Å². The first-order chi connectivity index (χ1) is 10.4. The van der Waals surface area contributed by atoms with Crippen LogP contribution in [0.15, 0.2) is 30.3 Å². The number of ether oxygens (including phenoxy) is 1. The van der Waals surface area contributed by atoms with Crippen molar-refractivity contribution in [3.63, 3.8) is 0 Å². The second kappa shape index (κ2) is 6.64. The summed E-state index contributed by atoms with van der Waals surface area (Å²) in [5, 5.41) is 6.63. The second-order valence-electron chi connectivity index (χ2n) is 6.29. The van der Waals surface area contributed by atoms with Crippen LogP contribution in [-0.2, 0) is 6.54 Å². The van der Waals surface area contributed by atoms with Crippen LogP contribution in [-0.4, -0.2) is 22.6 Å². The van der Waals surface area contributed by atoms with E-state index in [0.717, 1.165) is 22.8 Å². The summed E-state index contributed by atoms with van der Waals surface area (Å²) in [7, 11) is 1.66. The molecular formula is C17H24N4O. The van der Waals surface area contributed by atoms with Gasteiger partial charge in [-0.25, -0.2) is 4.98 Å². The molecule has 0 saturated carbocycles. The highest BCUT2D eigenvalue weighted by Crippen LogP contribution is 2.16. The van der Waals surface area contributed by atoms with E-state index in [1.165, 1.54) is 0 Å². The molecule has 0 spiro atoms. The van der Waals surface area contributed by atoms with Gasteiger partial charge in [-0.05, 0) is 45.4 Å². The molecule has 0 bridgehead atoms. The van der Waals surface area contributed by atoms with Crippen molar-refractivity contribution in [3.8, 4) is 5.75 Å². The molecule has 0 fully saturated rings. The molecule has 0 atom stereocenters. The van der Waals surface area contributed by atoms with Crippen molar-refractivity contribution in [2.75, 3.05) is 17.7 Å². The van der Waals surface area contributed by atoms with Crippen LogP contribution >= 0.6 is 0 Å². The minimum absolute atomic E-state index is 0.0337. The third-order valence-corrected chi connectivity index (χ3v) is 2.97. The third-order valence-electron chi connectivity index (χ3n) is 2.97. The first kappa shape index (κ1) is 16.1. The largest absolute Gasteiger partial charge is 0.497 e. The van der Waals surface area contributed by atoms with Crippen molar-refractivity contribution >= 4 is 11.8 Å². The number of nitrogens with zero attached hydrogens (tertiary/aromatic N) is 2. The predicted molar refractivity (Wildman–Crippen MR) is 90.5 cm³/mol. The van der Waals surface area contributed by atoms with E-state index in [1.54, 1.807) is 7.11 Å². The Bertz CT molecular complexity index is 618. The number of methoxy groups -OCH3 is 1. The van der Waals surface area contributed by atoms with Crippen LogP contribution < -0.4 is 15.4 Å². The molecule has 118 valence electrons. The van der Waals surface area contributed by atoms with Crippen LogP contribution in [0.4, 0.5) is 11.8 Å². The summed E-state index contributed by atoms with van der Waals surface area (Å²) in [6, 6.07) is 9.89. The van der Waals surface area contributed by atoms with E-state index in [9.17, 15) is 0 Å². The van der Waals surface area contributed by atoms with Gasteiger partial charge in [0.25, 0.3) is 0 Å². The summed E-state index contributed by atoms with van der Waals surface area (Å²) in [4.78, 5) is 8.94. The van der Waals surface area contributed by atoms with Gasteiger partial charge in [0, 0.05) is 23.8 Å². The predicted octanol–water partition coefficient (Wildman–Crippen LogP) is 3.62. The van der Waals surface area contributed by atoms with Gasteiger partial charge in [-0.2, -0.15) is 4.98 Å². The molecule has 2 N–H and O–H groups in total. The Hall–Kier alpha value is -2.30. The van der Waals surface area contributed by atoms with E-state index in [4.69, 9.17) is 4.74 Å². The SMILES string of the molecule is COc1ccc(CNc2nc(C)cc(NC(C)(C)C)n2)cc1. The number of hydrogen-bond acceptors (Lipinski definition) is 5. The fraction of sp³-hybridized carbons (Fsp3) is 0.412. The van der Waals surface area contributed by atoms with Gasteiger partial charge in [0.1, 0.15) is 11.6 Å². The number of nitrogens with one attached hydrogen (secondary N) is 2. The molecule has 1 aromatic heterocycles. The van der Waals surface area contributed by atoms with E-state index in [1.807, 2.05) is 37.3 Å². The smallest absolute Gasteiger partial charge is 0.225 e. The van der Waals surface area contributed by atoms with Crippen molar-refractivity contribution < 1.29 is 4.74 Å². The van der Waals surface area contributed by atoms with Crippen LogP contribution in [0.25, 0.3) is 0 Å². The minimum atomic E-state index is -0.0337. The Kier molecular flexibility index (Phi) is 4.85. The molecule has 1 heterocycles. The van der Waals surface area contributed by atoms with Crippen LogP contribution in [0.5, 0.6) is 5.75 Å². The highest BCUT2D eigenvalue weighted by atomic mass is 16.5. The molecule has 1 aromatic carbocycles. The Morgan fingerprint density at radius 1 is 1.09 bits per heavy atom. The number of aromatic nitrogens is 2. The zero-order chi connectivity index (χ0) is 16.2.